The molecule has 1 aromatic carbocycles. The first-order valence-electron chi connectivity index (χ1n) is 6.30. The molecular formula is C14H16BrNO5. The number of carbonyl (C=O) groups is 3. The van der Waals surface area contributed by atoms with Gasteiger partial charge in [-0.05, 0) is 12.0 Å². The molecule has 0 bridgehead atoms. The minimum Gasteiger partial charge on any atom is -0.481 e. The van der Waals surface area contributed by atoms with Crippen molar-refractivity contribution in [3.05, 3.63) is 35.9 Å². The normalized spacial score (nSPS) is 11.5. The zero-order chi connectivity index (χ0) is 15.7. The second kappa shape index (κ2) is 9.12. The Kier molecular flexibility index (Phi) is 7.45. The fourth-order valence-electron chi connectivity index (χ4n) is 1.58. The number of benzene rings is 1. The maximum Gasteiger partial charge on any atom is 0.328 e. The second-order valence-electron chi connectivity index (χ2n) is 4.28. The van der Waals surface area contributed by atoms with Crippen molar-refractivity contribution in [2.24, 2.45) is 0 Å². The molecule has 0 fully saturated rings. The predicted octanol–water partition coefficient (Wildman–Crippen LogP) is 1.47. The Bertz CT molecular complexity index is 491. The highest BCUT2D eigenvalue weighted by Crippen LogP contribution is 2.05. The molecule has 1 atom stereocenters. The van der Waals surface area contributed by atoms with Crippen LogP contribution in [0.2, 0.25) is 0 Å². The molecule has 6 nitrogen and oxygen atoms in total. The topological polar surface area (TPSA) is 92.7 Å². The number of hydrogen-bond donors (Lipinski definition) is 2. The number of alkyl halides is 1. The maximum absolute atomic E-state index is 11.9. The minimum atomic E-state index is -1.04. The fraction of sp³-hybridized carbons (Fsp3) is 0.357. The Labute approximate surface area is 130 Å². The van der Waals surface area contributed by atoms with Gasteiger partial charge in [0, 0.05) is 6.42 Å². The summed E-state index contributed by atoms with van der Waals surface area (Å²) in [5.74, 6) is -2.08. The van der Waals surface area contributed by atoms with Crippen LogP contribution >= 0.6 is 15.9 Å². The van der Waals surface area contributed by atoms with Gasteiger partial charge in [0.25, 0.3) is 0 Å². The molecule has 7 heteroatoms. The van der Waals surface area contributed by atoms with Gasteiger partial charge in [-0.2, -0.15) is 0 Å². The number of ether oxygens (including phenoxy) is 1. The zero-order valence-electron chi connectivity index (χ0n) is 11.3. The van der Waals surface area contributed by atoms with Crippen molar-refractivity contribution >= 4 is 33.8 Å². The van der Waals surface area contributed by atoms with Crippen molar-refractivity contribution in [2.45, 2.75) is 25.5 Å². The molecule has 1 rings (SSSR count). The Balaban J connectivity index is 2.56. The summed E-state index contributed by atoms with van der Waals surface area (Å²) in [4.78, 5) is 33.9. The van der Waals surface area contributed by atoms with Gasteiger partial charge in [-0.25, -0.2) is 4.79 Å². The second-order valence-corrected chi connectivity index (χ2v) is 4.84. The first-order chi connectivity index (χ1) is 10.0. The van der Waals surface area contributed by atoms with E-state index in [0.717, 1.165) is 5.56 Å². The van der Waals surface area contributed by atoms with Gasteiger partial charge in [0.1, 0.15) is 12.6 Å². The van der Waals surface area contributed by atoms with Crippen molar-refractivity contribution in [3.8, 4) is 0 Å². The molecule has 0 aliphatic carbocycles. The number of carboxylic acid groups (broad SMARTS) is 1. The molecule has 0 heterocycles. The number of halogens is 1. The van der Waals surface area contributed by atoms with Crippen LogP contribution in [0.15, 0.2) is 30.3 Å². The Morgan fingerprint density at radius 3 is 2.48 bits per heavy atom. The van der Waals surface area contributed by atoms with Crippen LogP contribution in [-0.4, -0.2) is 34.3 Å². The monoisotopic (exact) mass is 357 g/mol. The first-order valence-corrected chi connectivity index (χ1v) is 7.42. The Morgan fingerprint density at radius 2 is 1.90 bits per heavy atom. The number of carbonyl (C=O) groups excluding carboxylic acids is 2. The summed E-state index contributed by atoms with van der Waals surface area (Å²) in [7, 11) is 0. The molecule has 0 radical (unpaired) electrons. The van der Waals surface area contributed by atoms with Crippen LogP contribution in [0.4, 0.5) is 0 Å². The largest absolute Gasteiger partial charge is 0.481 e. The van der Waals surface area contributed by atoms with Crippen LogP contribution in [-0.2, 0) is 25.7 Å². The number of esters is 1. The van der Waals surface area contributed by atoms with E-state index in [2.05, 4.69) is 21.2 Å². The van der Waals surface area contributed by atoms with Crippen molar-refractivity contribution in [2.75, 3.05) is 5.33 Å². The van der Waals surface area contributed by atoms with Crippen molar-refractivity contribution in [1.82, 2.24) is 5.32 Å². The number of aliphatic carboxylic acids is 1. The lowest BCUT2D eigenvalue weighted by Crippen LogP contribution is -2.42. The molecule has 0 aromatic heterocycles. The van der Waals surface area contributed by atoms with Crippen LogP contribution in [0.25, 0.3) is 0 Å². The van der Waals surface area contributed by atoms with Gasteiger partial charge in [0.15, 0.2) is 0 Å². The van der Waals surface area contributed by atoms with E-state index in [-0.39, 0.29) is 24.8 Å². The van der Waals surface area contributed by atoms with Crippen LogP contribution < -0.4 is 5.32 Å². The van der Waals surface area contributed by atoms with Gasteiger partial charge < -0.3 is 15.2 Å². The smallest absolute Gasteiger partial charge is 0.328 e. The standard InChI is InChI=1S/C14H16BrNO5/c15-8-12(17)16-11(6-7-13(18)19)14(20)21-9-10-4-2-1-3-5-10/h1-5,11H,6-9H2,(H,16,17)(H,18,19)/t11-/m0/s1. The van der Waals surface area contributed by atoms with Gasteiger partial charge in [-0.1, -0.05) is 46.3 Å². The van der Waals surface area contributed by atoms with E-state index in [1.807, 2.05) is 18.2 Å². The number of hydrogen-bond acceptors (Lipinski definition) is 4. The van der Waals surface area contributed by atoms with E-state index in [0.29, 0.717) is 0 Å². The molecule has 0 saturated heterocycles. The van der Waals surface area contributed by atoms with E-state index in [9.17, 15) is 14.4 Å². The van der Waals surface area contributed by atoms with Crippen LogP contribution in [0.3, 0.4) is 0 Å². The van der Waals surface area contributed by atoms with E-state index in [4.69, 9.17) is 9.84 Å². The SMILES string of the molecule is O=C(O)CC[C@H](NC(=O)CBr)C(=O)OCc1ccccc1. The summed E-state index contributed by atoms with van der Waals surface area (Å²) in [6.45, 7) is 0.0768. The summed E-state index contributed by atoms with van der Waals surface area (Å²) in [6.07, 6.45) is -0.241. The molecule has 0 aliphatic rings. The Morgan fingerprint density at radius 1 is 1.24 bits per heavy atom. The van der Waals surface area contributed by atoms with Crippen molar-refractivity contribution < 1.29 is 24.2 Å². The van der Waals surface area contributed by atoms with Crippen molar-refractivity contribution in [1.29, 1.82) is 0 Å². The minimum absolute atomic E-state index is 0.0122. The molecule has 21 heavy (non-hydrogen) atoms. The van der Waals surface area contributed by atoms with Gasteiger partial charge in [0.2, 0.25) is 5.91 Å². The van der Waals surface area contributed by atoms with E-state index in [1.54, 1.807) is 12.1 Å². The lowest BCUT2D eigenvalue weighted by atomic mass is 10.1. The third-order valence-electron chi connectivity index (χ3n) is 2.61. The number of nitrogens with one attached hydrogen (secondary N) is 1. The highest BCUT2D eigenvalue weighted by molar-refractivity contribution is 9.09. The molecule has 114 valence electrons. The fourth-order valence-corrected chi connectivity index (χ4v) is 1.74. The van der Waals surface area contributed by atoms with Crippen LogP contribution in [0.5, 0.6) is 0 Å². The van der Waals surface area contributed by atoms with Gasteiger partial charge in [0.05, 0.1) is 5.33 Å². The highest BCUT2D eigenvalue weighted by Gasteiger charge is 2.22. The molecular weight excluding hydrogens is 342 g/mol. The average Bonchev–Trinajstić information content (AvgIpc) is 2.49. The molecule has 0 aliphatic heterocycles. The third kappa shape index (κ3) is 6.89. The van der Waals surface area contributed by atoms with Crippen LogP contribution in [0, 0.1) is 0 Å². The van der Waals surface area contributed by atoms with E-state index < -0.39 is 23.9 Å². The van der Waals surface area contributed by atoms with E-state index in [1.165, 1.54) is 0 Å². The quantitative estimate of drug-likeness (QED) is 0.542. The van der Waals surface area contributed by atoms with Gasteiger partial charge in [-0.3, -0.25) is 9.59 Å². The maximum atomic E-state index is 11.9. The third-order valence-corrected chi connectivity index (χ3v) is 3.12. The van der Waals surface area contributed by atoms with Gasteiger partial charge in [-0.15, -0.1) is 0 Å². The lowest BCUT2D eigenvalue weighted by molar-refractivity contribution is -0.149. The summed E-state index contributed by atoms with van der Waals surface area (Å²) >= 11 is 2.97. The number of amides is 1. The van der Waals surface area contributed by atoms with Crippen molar-refractivity contribution in [3.63, 3.8) is 0 Å². The highest BCUT2D eigenvalue weighted by atomic mass is 79.9. The van der Waals surface area contributed by atoms with Gasteiger partial charge >= 0.3 is 11.9 Å². The average molecular weight is 358 g/mol. The predicted molar refractivity (Wildman–Crippen MR) is 78.8 cm³/mol. The Hall–Kier alpha value is -1.89. The molecule has 0 spiro atoms. The molecule has 2 N–H and O–H groups in total. The van der Waals surface area contributed by atoms with E-state index >= 15 is 0 Å². The molecule has 0 saturated carbocycles. The summed E-state index contributed by atoms with van der Waals surface area (Å²) < 4.78 is 5.11. The zero-order valence-corrected chi connectivity index (χ0v) is 12.8. The summed E-state index contributed by atoms with van der Waals surface area (Å²) in [5.41, 5.74) is 0.814. The number of carboxylic acids is 1. The summed E-state index contributed by atoms with van der Waals surface area (Å²) in [6, 6.07) is 8.12. The molecule has 0 unspecified atom stereocenters. The molecule has 1 amide bonds. The number of rotatable bonds is 8. The lowest BCUT2D eigenvalue weighted by Gasteiger charge is -2.16. The van der Waals surface area contributed by atoms with Crippen LogP contribution in [0.1, 0.15) is 18.4 Å². The summed E-state index contributed by atoms with van der Waals surface area (Å²) in [5, 5.41) is 11.1. The first kappa shape index (κ1) is 17.2. The molecule has 1 aromatic rings.